The van der Waals surface area contributed by atoms with Gasteiger partial charge in [0.1, 0.15) is 11.6 Å². The number of rotatable bonds is 5. The molecule has 5 heteroatoms. The van der Waals surface area contributed by atoms with E-state index in [0.717, 1.165) is 17.7 Å². The van der Waals surface area contributed by atoms with E-state index in [2.05, 4.69) is 10.6 Å². The van der Waals surface area contributed by atoms with Crippen molar-refractivity contribution >= 4 is 11.6 Å². The van der Waals surface area contributed by atoms with Gasteiger partial charge in [-0.15, -0.1) is 0 Å². The third-order valence-electron chi connectivity index (χ3n) is 4.40. The summed E-state index contributed by atoms with van der Waals surface area (Å²) < 4.78 is 20.5. The number of nitrogens with one attached hydrogen (secondary N) is 2. The summed E-state index contributed by atoms with van der Waals surface area (Å²) in [7, 11) is 0. The average molecular weight is 342 g/mol. The number of amides is 1. The summed E-state index contributed by atoms with van der Waals surface area (Å²) in [6.07, 6.45) is 0.455. The van der Waals surface area contributed by atoms with Crippen LogP contribution in [0.2, 0.25) is 0 Å². The van der Waals surface area contributed by atoms with E-state index >= 15 is 0 Å². The van der Waals surface area contributed by atoms with E-state index in [9.17, 15) is 9.18 Å². The lowest BCUT2D eigenvalue weighted by molar-refractivity contribution is -0.122. The van der Waals surface area contributed by atoms with Crippen molar-refractivity contribution in [3.05, 3.63) is 58.9 Å². The van der Waals surface area contributed by atoms with Gasteiger partial charge in [0.2, 0.25) is 0 Å². The van der Waals surface area contributed by atoms with Crippen molar-refractivity contribution in [1.29, 1.82) is 0 Å². The van der Waals surface area contributed by atoms with Crippen LogP contribution in [0.15, 0.2) is 36.4 Å². The van der Waals surface area contributed by atoms with Gasteiger partial charge in [0.25, 0.3) is 5.91 Å². The predicted octanol–water partition coefficient (Wildman–Crippen LogP) is 3.58. The van der Waals surface area contributed by atoms with Gasteiger partial charge in [0.05, 0.1) is 5.69 Å². The molecule has 25 heavy (non-hydrogen) atoms. The van der Waals surface area contributed by atoms with Crippen LogP contribution in [0.3, 0.4) is 0 Å². The zero-order chi connectivity index (χ0) is 17.8. The van der Waals surface area contributed by atoms with Gasteiger partial charge < -0.3 is 15.4 Å². The number of hydrogen-bond acceptors (Lipinski definition) is 3. The Labute approximate surface area is 147 Å². The number of carbonyl (C=O) groups excluding carboxylic acids is 1. The van der Waals surface area contributed by atoms with Gasteiger partial charge in [-0.05, 0) is 61.2 Å². The summed E-state index contributed by atoms with van der Waals surface area (Å²) in [5.41, 5.74) is 2.91. The molecular weight excluding hydrogens is 319 g/mol. The topological polar surface area (TPSA) is 50.4 Å². The van der Waals surface area contributed by atoms with E-state index in [1.54, 1.807) is 6.07 Å². The summed E-state index contributed by atoms with van der Waals surface area (Å²) in [6.45, 7) is 5.24. The summed E-state index contributed by atoms with van der Waals surface area (Å²) in [5, 5.41) is 5.90. The fourth-order valence-corrected chi connectivity index (χ4v) is 3.02. The van der Waals surface area contributed by atoms with Crippen molar-refractivity contribution < 1.29 is 13.9 Å². The summed E-state index contributed by atoms with van der Waals surface area (Å²) in [5.74, 6) is -0.0338. The van der Waals surface area contributed by atoms with Gasteiger partial charge >= 0.3 is 0 Å². The third-order valence-corrected chi connectivity index (χ3v) is 4.40. The summed E-state index contributed by atoms with van der Waals surface area (Å²) in [6, 6.07) is 11.0. The average Bonchev–Trinajstić information content (AvgIpc) is 2.62. The molecule has 2 N–H and O–H groups in total. The second-order valence-corrected chi connectivity index (χ2v) is 6.31. The number of benzene rings is 2. The molecule has 0 aromatic heterocycles. The minimum absolute atomic E-state index is 0.219. The fourth-order valence-electron chi connectivity index (χ4n) is 3.02. The second-order valence-electron chi connectivity index (χ2n) is 6.31. The van der Waals surface area contributed by atoms with Crippen LogP contribution in [-0.4, -0.2) is 18.6 Å². The molecule has 1 amide bonds. The Morgan fingerprint density at radius 1 is 1.36 bits per heavy atom. The van der Waals surface area contributed by atoms with Crippen molar-refractivity contribution in [1.82, 2.24) is 5.32 Å². The lowest BCUT2D eigenvalue weighted by Crippen LogP contribution is -2.33. The zero-order valence-electron chi connectivity index (χ0n) is 14.6. The highest BCUT2D eigenvalue weighted by atomic mass is 19.1. The van der Waals surface area contributed by atoms with Gasteiger partial charge in [-0.2, -0.15) is 0 Å². The van der Waals surface area contributed by atoms with Crippen LogP contribution in [0.4, 0.5) is 10.1 Å². The zero-order valence-corrected chi connectivity index (χ0v) is 14.6. The molecule has 1 atom stereocenters. The molecule has 0 bridgehead atoms. The lowest BCUT2D eigenvalue weighted by atomic mass is 9.99. The summed E-state index contributed by atoms with van der Waals surface area (Å²) in [4.78, 5) is 12.5. The number of aryl methyl sites for hydroxylation is 1. The standard InChI is InChI=1S/C20H23FN2O2/c1-3-18(25-15-6-4-5-13(2)11-15)20(24)23-17-8-7-14-12-22-10-9-16(14)19(17)21/h4-8,11,18,22H,3,9-10,12H2,1-2H3,(H,23,24). The minimum atomic E-state index is -0.668. The molecule has 1 unspecified atom stereocenters. The van der Waals surface area contributed by atoms with Crippen molar-refractivity contribution in [2.45, 2.75) is 39.3 Å². The molecule has 0 radical (unpaired) electrons. The fraction of sp³-hybridized carbons (Fsp3) is 0.350. The molecule has 0 spiro atoms. The molecule has 0 fully saturated rings. The Hall–Kier alpha value is -2.40. The molecule has 3 rings (SSSR count). The van der Waals surface area contributed by atoms with E-state index in [0.29, 0.717) is 30.7 Å². The first kappa shape index (κ1) is 17.4. The number of carbonyl (C=O) groups is 1. The number of hydrogen-bond donors (Lipinski definition) is 2. The molecule has 4 nitrogen and oxygen atoms in total. The van der Waals surface area contributed by atoms with Crippen LogP contribution >= 0.6 is 0 Å². The molecular formula is C20H23FN2O2. The predicted molar refractivity (Wildman–Crippen MR) is 96.3 cm³/mol. The minimum Gasteiger partial charge on any atom is -0.481 e. The van der Waals surface area contributed by atoms with Gasteiger partial charge in [0.15, 0.2) is 6.10 Å². The summed E-state index contributed by atoms with van der Waals surface area (Å²) >= 11 is 0. The highest BCUT2D eigenvalue weighted by Crippen LogP contribution is 2.25. The van der Waals surface area contributed by atoms with Gasteiger partial charge in [-0.25, -0.2) is 4.39 Å². The van der Waals surface area contributed by atoms with Crippen LogP contribution in [0.5, 0.6) is 5.75 Å². The Kier molecular flexibility index (Phi) is 5.34. The van der Waals surface area contributed by atoms with E-state index in [4.69, 9.17) is 4.74 Å². The number of ether oxygens (including phenoxy) is 1. The van der Waals surface area contributed by atoms with E-state index in [1.807, 2.05) is 44.2 Å². The first-order chi connectivity index (χ1) is 12.1. The first-order valence-corrected chi connectivity index (χ1v) is 8.63. The largest absolute Gasteiger partial charge is 0.481 e. The maximum absolute atomic E-state index is 14.7. The third kappa shape index (κ3) is 3.99. The second kappa shape index (κ2) is 7.66. The molecule has 0 saturated heterocycles. The van der Waals surface area contributed by atoms with Crippen LogP contribution in [0.1, 0.15) is 30.0 Å². The van der Waals surface area contributed by atoms with Crippen molar-refractivity contribution in [2.75, 3.05) is 11.9 Å². The van der Waals surface area contributed by atoms with Crippen LogP contribution in [0.25, 0.3) is 0 Å². The molecule has 132 valence electrons. The van der Waals surface area contributed by atoms with Crippen LogP contribution in [0, 0.1) is 12.7 Å². The molecule has 1 aliphatic rings. The Balaban J connectivity index is 1.74. The molecule has 1 heterocycles. The van der Waals surface area contributed by atoms with E-state index < -0.39 is 6.10 Å². The quantitative estimate of drug-likeness (QED) is 0.873. The van der Waals surface area contributed by atoms with Crippen molar-refractivity contribution in [3.63, 3.8) is 0 Å². The van der Waals surface area contributed by atoms with Crippen molar-refractivity contribution in [3.8, 4) is 5.75 Å². The van der Waals surface area contributed by atoms with Gasteiger partial charge in [0, 0.05) is 6.54 Å². The maximum atomic E-state index is 14.7. The smallest absolute Gasteiger partial charge is 0.265 e. The highest BCUT2D eigenvalue weighted by molar-refractivity contribution is 5.94. The monoisotopic (exact) mass is 342 g/mol. The molecule has 0 aliphatic carbocycles. The molecule has 0 saturated carbocycles. The van der Waals surface area contributed by atoms with E-state index in [-0.39, 0.29) is 17.4 Å². The lowest BCUT2D eigenvalue weighted by Gasteiger charge is -2.21. The Morgan fingerprint density at radius 3 is 2.96 bits per heavy atom. The van der Waals surface area contributed by atoms with Crippen molar-refractivity contribution in [2.24, 2.45) is 0 Å². The maximum Gasteiger partial charge on any atom is 0.265 e. The first-order valence-electron chi connectivity index (χ1n) is 8.63. The number of fused-ring (bicyclic) bond motifs is 1. The van der Waals surface area contributed by atoms with Crippen LogP contribution in [-0.2, 0) is 17.8 Å². The Morgan fingerprint density at radius 2 is 2.20 bits per heavy atom. The molecule has 2 aromatic carbocycles. The van der Waals surface area contributed by atoms with E-state index in [1.165, 1.54) is 0 Å². The number of anilines is 1. The van der Waals surface area contributed by atoms with Gasteiger partial charge in [-0.3, -0.25) is 4.79 Å². The number of halogens is 1. The Bertz CT molecular complexity index is 776. The molecule has 1 aliphatic heterocycles. The normalized spacial score (nSPS) is 14.5. The van der Waals surface area contributed by atoms with Crippen LogP contribution < -0.4 is 15.4 Å². The SMILES string of the molecule is CCC(Oc1cccc(C)c1)C(=O)Nc1ccc2c(c1F)CCNC2. The highest BCUT2D eigenvalue weighted by Gasteiger charge is 2.22. The molecule has 2 aromatic rings. The van der Waals surface area contributed by atoms with Gasteiger partial charge in [-0.1, -0.05) is 25.1 Å².